The molecule has 0 spiro atoms. The van der Waals surface area contributed by atoms with E-state index in [1.807, 2.05) is 74.5 Å². The second-order valence-corrected chi connectivity index (χ2v) is 12.7. The first kappa shape index (κ1) is 32.8. The lowest BCUT2D eigenvalue weighted by Crippen LogP contribution is -2.35. The van der Waals surface area contributed by atoms with E-state index in [1.165, 1.54) is 22.3 Å². The van der Waals surface area contributed by atoms with E-state index in [2.05, 4.69) is 60.0 Å². The van der Waals surface area contributed by atoms with Crippen molar-refractivity contribution < 1.29 is 28.4 Å². The number of benzene rings is 4. The molecule has 0 saturated carbocycles. The van der Waals surface area contributed by atoms with Crippen LogP contribution in [0.2, 0.25) is 0 Å². The molecule has 4 aromatic carbocycles. The molecular weight excluding hydrogens is 592 g/mol. The highest BCUT2D eigenvalue weighted by Crippen LogP contribution is 2.34. The lowest BCUT2D eigenvalue weighted by atomic mass is 9.78. The molecule has 0 N–H and O–H groups in total. The SMILES string of the molecule is CC(OCCN1COc2ccccc2C1)Oc1ccc(C(C)(C)c2ccc(OC(C)OCCN3COc4ccccc4C3)cc2)cc1. The summed E-state index contributed by atoms with van der Waals surface area (Å²) >= 11 is 0. The summed E-state index contributed by atoms with van der Waals surface area (Å²) in [6.45, 7) is 13.8. The van der Waals surface area contributed by atoms with Crippen LogP contribution in [-0.4, -0.2) is 62.1 Å². The largest absolute Gasteiger partial charge is 0.478 e. The minimum atomic E-state index is -0.359. The summed E-state index contributed by atoms with van der Waals surface area (Å²) in [6, 6.07) is 32.9. The number of fused-ring (bicyclic) bond motifs is 2. The molecule has 0 bridgehead atoms. The summed E-state index contributed by atoms with van der Waals surface area (Å²) in [5, 5.41) is 0. The van der Waals surface area contributed by atoms with E-state index in [1.54, 1.807) is 0 Å². The minimum Gasteiger partial charge on any atom is -0.478 e. The van der Waals surface area contributed by atoms with Crippen molar-refractivity contribution in [2.24, 2.45) is 0 Å². The van der Waals surface area contributed by atoms with Crippen molar-refractivity contribution >= 4 is 0 Å². The van der Waals surface area contributed by atoms with Crippen molar-refractivity contribution in [3.05, 3.63) is 119 Å². The van der Waals surface area contributed by atoms with Gasteiger partial charge in [0.15, 0.2) is 12.6 Å². The van der Waals surface area contributed by atoms with Gasteiger partial charge in [-0.1, -0.05) is 74.5 Å². The average Bonchev–Trinajstić information content (AvgIpc) is 3.08. The van der Waals surface area contributed by atoms with E-state index in [-0.39, 0.29) is 18.0 Å². The molecule has 2 aliphatic heterocycles. The molecule has 0 amide bonds. The fourth-order valence-electron chi connectivity index (χ4n) is 5.95. The highest BCUT2D eigenvalue weighted by atomic mass is 16.7. The third-order valence-electron chi connectivity index (χ3n) is 8.81. The minimum absolute atomic E-state index is 0.203. The molecule has 47 heavy (non-hydrogen) atoms. The Labute approximate surface area is 278 Å². The first-order valence-electron chi connectivity index (χ1n) is 16.5. The molecule has 6 rings (SSSR count). The normalized spacial score (nSPS) is 16.3. The predicted octanol–water partition coefficient (Wildman–Crippen LogP) is 7.20. The molecule has 2 aliphatic rings. The number of hydrogen-bond donors (Lipinski definition) is 0. The molecule has 248 valence electrons. The van der Waals surface area contributed by atoms with Crippen LogP contribution in [0, 0.1) is 0 Å². The summed E-state index contributed by atoms with van der Waals surface area (Å²) in [5.41, 5.74) is 4.60. The first-order chi connectivity index (χ1) is 22.8. The number of nitrogens with zero attached hydrogens (tertiary/aromatic N) is 2. The van der Waals surface area contributed by atoms with Gasteiger partial charge in [-0.2, -0.15) is 0 Å². The van der Waals surface area contributed by atoms with Gasteiger partial charge in [0.2, 0.25) is 0 Å². The average molecular weight is 639 g/mol. The molecule has 0 aliphatic carbocycles. The summed E-state index contributed by atoms with van der Waals surface area (Å²) in [5.74, 6) is 3.50. The Morgan fingerprint density at radius 2 is 1.00 bits per heavy atom. The van der Waals surface area contributed by atoms with Gasteiger partial charge >= 0.3 is 0 Å². The number of rotatable bonds is 14. The van der Waals surface area contributed by atoms with Crippen molar-refractivity contribution in [1.29, 1.82) is 0 Å². The predicted molar refractivity (Wildman–Crippen MR) is 182 cm³/mol. The van der Waals surface area contributed by atoms with Crippen molar-refractivity contribution in [3.63, 3.8) is 0 Å². The van der Waals surface area contributed by atoms with Crippen LogP contribution >= 0.6 is 0 Å². The smallest absolute Gasteiger partial charge is 0.197 e. The van der Waals surface area contributed by atoms with Gasteiger partial charge in [-0.15, -0.1) is 0 Å². The topological polar surface area (TPSA) is 61.9 Å². The zero-order valence-electron chi connectivity index (χ0n) is 27.9. The van der Waals surface area contributed by atoms with E-state index < -0.39 is 0 Å². The molecule has 0 fully saturated rings. The second-order valence-electron chi connectivity index (χ2n) is 12.7. The Morgan fingerprint density at radius 3 is 1.43 bits per heavy atom. The van der Waals surface area contributed by atoms with Crippen molar-refractivity contribution in [3.8, 4) is 23.0 Å². The van der Waals surface area contributed by atoms with Gasteiger partial charge in [0.05, 0.1) is 13.2 Å². The Bertz CT molecular complexity index is 1460. The van der Waals surface area contributed by atoms with Crippen molar-refractivity contribution in [1.82, 2.24) is 9.80 Å². The van der Waals surface area contributed by atoms with E-state index in [9.17, 15) is 0 Å². The molecule has 2 heterocycles. The molecule has 0 radical (unpaired) electrons. The van der Waals surface area contributed by atoms with Crippen LogP contribution in [0.4, 0.5) is 0 Å². The van der Waals surface area contributed by atoms with Crippen LogP contribution < -0.4 is 18.9 Å². The van der Waals surface area contributed by atoms with Crippen molar-refractivity contribution in [2.45, 2.75) is 58.8 Å². The third-order valence-corrected chi connectivity index (χ3v) is 8.81. The molecule has 8 nitrogen and oxygen atoms in total. The van der Waals surface area contributed by atoms with Crippen LogP contribution in [-0.2, 0) is 28.0 Å². The van der Waals surface area contributed by atoms with Gasteiger partial charge in [-0.05, 0) is 61.4 Å². The molecule has 0 aromatic heterocycles. The quantitative estimate of drug-likeness (QED) is 0.135. The Balaban J connectivity index is 0.918. The summed E-state index contributed by atoms with van der Waals surface area (Å²) in [4.78, 5) is 4.46. The second kappa shape index (κ2) is 15.2. The number of hydrogen-bond acceptors (Lipinski definition) is 8. The number of ether oxygens (including phenoxy) is 6. The van der Waals surface area contributed by atoms with Crippen LogP contribution in [0.3, 0.4) is 0 Å². The fraction of sp³-hybridized carbons (Fsp3) is 0.385. The molecule has 2 unspecified atom stereocenters. The monoisotopic (exact) mass is 638 g/mol. The van der Waals surface area contributed by atoms with E-state index in [4.69, 9.17) is 28.4 Å². The van der Waals surface area contributed by atoms with Crippen LogP contribution in [0.5, 0.6) is 23.0 Å². The van der Waals surface area contributed by atoms with Crippen molar-refractivity contribution in [2.75, 3.05) is 39.8 Å². The summed E-state index contributed by atoms with van der Waals surface area (Å²) < 4.78 is 35.7. The standard InChI is InChI=1S/C39H46N2O6/c1-29(42-23-21-40-25-31-9-5-7-11-37(31)44-27-40)46-35-17-13-33(14-18-35)39(3,4)34-15-19-36(20-16-34)47-30(2)43-24-22-41-26-32-10-6-8-12-38(32)45-28-41/h5-20,29-30H,21-28H2,1-4H3. The summed E-state index contributed by atoms with van der Waals surface area (Å²) in [6.07, 6.45) is -0.718. The van der Waals surface area contributed by atoms with Gasteiger partial charge in [-0.3, -0.25) is 9.80 Å². The van der Waals surface area contributed by atoms with Gasteiger partial charge in [0, 0.05) is 42.7 Å². The maximum Gasteiger partial charge on any atom is 0.197 e. The van der Waals surface area contributed by atoms with Gasteiger partial charge in [0.1, 0.15) is 36.5 Å². The Morgan fingerprint density at radius 1 is 0.596 bits per heavy atom. The maximum absolute atomic E-state index is 6.05. The lowest BCUT2D eigenvalue weighted by Gasteiger charge is -2.29. The highest BCUT2D eigenvalue weighted by molar-refractivity contribution is 5.42. The van der Waals surface area contributed by atoms with E-state index in [0.29, 0.717) is 26.7 Å². The van der Waals surface area contributed by atoms with E-state index >= 15 is 0 Å². The van der Waals surface area contributed by atoms with Crippen LogP contribution in [0.1, 0.15) is 49.9 Å². The fourth-order valence-corrected chi connectivity index (χ4v) is 5.95. The van der Waals surface area contributed by atoms with Gasteiger partial charge in [0.25, 0.3) is 0 Å². The maximum atomic E-state index is 6.05. The zero-order chi connectivity index (χ0) is 32.6. The van der Waals surface area contributed by atoms with Gasteiger partial charge in [-0.25, -0.2) is 0 Å². The molecule has 0 saturated heterocycles. The number of para-hydroxylation sites is 2. The molecule has 4 aromatic rings. The summed E-state index contributed by atoms with van der Waals surface area (Å²) in [7, 11) is 0. The zero-order valence-corrected chi connectivity index (χ0v) is 27.9. The third kappa shape index (κ3) is 8.64. The van der Waals surface area contributed by atoms with Crippen LogP contribution in [0.15, 0.2) is 97.1 Å². The lowest BCUT2D eigenvalue weighted by molar-refractivity contribution is -0.0768. The molecular formula is C39H46N2O6. The Kier molecular flexibility index (Phi) is 10.6. The highest BCUT2D eigenvalue weighted by Gasteiger charge is 2.24. The molecule has 8 heteroatoms. The van der Waals surface area contributed by atoms with Gasteiger partial charge < -0.3 is 28.4 Å². The molecule has 2 atom stereocenters. The first-order valence-corrected chi connectivity index (χ1v) is 16.5. The van der Waals surface area contributed by atoms with E-state index in [0.717, 1.165) is 49.2 Å². The Hall–Kier alpha value is -4.08. The van der Waals surface area contributed by atoms with Crippen LogP contribution in [0.25, 0.3) is 0 Å².